The van der Waals surface area contributed by atoms with E-state index < -0.39 is 0 Å². The van der Waals surface area contributed by atoms with E-state index in [2.05, 4.69) is 20.8 Å². The molecule has 1 amide bonds. The highest BCUT2D eigenvalue weighted by atomic mass is 16.5. The summed E-state index contributed by atoms with van der Waals surface area (Å²) < 4.78 is 5.66. The Morgan fingerprint density at radius 1 is 1.62 bits per heavy atom. The van der Waals surface area contributed by atoms with Gasteiger partial charge in [0.15, 0.2) is 0 Å². The lowest BCUT2D eigenvalue weighted by atomic mass is 10.2. The number of nitrogens with one attached hydrogen (secondary N) is 2. The second-order valence-corrected chi connectivity index (χ2v) is 4.65. The van der Waals surface area contributed by atoms with Crippen LogP contribution < -0.4 is 10.6 Å². The molecule has 1 atom stereocenters. The number of morpholine rings is 1. The van der Waals surface area contributed by atoms with Gasteiger partial charge in [0.25, 0.3) is 0 Å². The predicted molar refractivity (Wildman–Crippen MR) is 75.3 cm³/mol. The normalized spacial score (nSPS) is 18.7. The molecule has 1 aromatic rings. The summed E-state index contributed by atoms with van der Waals surface area (Å²) in [6.45, 7) is 2.88. The Labute approximate surface area is 123 Å². The first-order chi connectivity index (χ1) is 10.3. The zero-order chi connectivity index (χ0) is 14.9. The largest absolute Gasteiger partial charge is 0.374 e. The van der Waals surface area contributed by atoms with Crippen LogP contribution in [0.25, 0.3) is 0 Å². The number of hydrogen-bond donors (Lipinski definition) is 2. The van der Waals surface area contributed by atoms with Gasteiger partial charge in [-0.15, -0.1) is 5.10 Å². The molecule has 0 radical (unpaired) electrons. The number of hydrogen-bond acceptors (Lipinski definition) is 7. The fourth-order valence-corrected chi connectivity index (χ4v) is 2.06. The predicted octanol–water partition coefficient (Wildman–Crippen LogP) is -0.771. The van der Waals surface area contributed by atoms with Crippen molar-refractivity contribution in [2.75, 3.05) is 44.6 Å². The van der Waals surface area contributed by atoms with Crippen molar-refractivity contribution in [3.8, 4) is 6.07 Å². The molecule has 8 heteroatoms. The minimum atomic E-state index is -0.140. The highest BCUT2D eigenvalue weighted by molar-refractivity contribution is 5.78. The monoisotopic (exact) mass is 290 g/mol. The molecule has 2 N–H and O–H groups in total. The summed E-state index contributed by atoms with van der Waals surface area (Å²) in [5, 5.41) is 21.8. The van der Waals surface area contributed by atoms with E-state index in [0.29, 0.717) is 32.1 Å². The van der Waals surface area contributed by atoms with Crippen LogP contribution in [0.3, 0.4) is 0 Å². The number of aromatic nitrogens is 2. The summed E-state index contributed by atoms with van der Waals surface area (Å²) in [7, 11) is 0. The molecule has 21 heavy (non-hydrogen) atoms. The van der Waals surface area contributed by atoms with Crippen LogP contribution in [-0.4, -0.2) is 66.4 Å². The third kappa shape index (κ3) is 5.33. The van der Waals surface area contributed by atoms with Crippen molar-refractivity contribution < 1.29 is 9.53 Å². The van der Waals surface area contributed by atoms with Gasteiger partial charge in [0.1, 0.15) is 12.4 Å². The Hall–Kier alpha value is -2.24. The zero-order valence-corrected chi connectivity index (χ0v) is 11.7. The van der Waals surface area contributed by atoms with E-state index in [-0.39, 0.29) is 25.1 Å². The molecule has 2 rings (SSSR count). The first-order valence-electron chi connectivity index (χ1n) is 6.77. The molecule has 1 unspecified atom stereocenters. The van der Waals surface area contributed by atoms with Crippen LogP contribution in [0, 0.1) is 11.3 Å². The van der Waals surface area contributed by atoms with Gasteiger partial charge in [0.2, 0.25) is 5.91 Å². The number of amides is 1. The number of nitriles is 1. The number of carbonyl (C=O) groups excluding carboxylic acids is 1. The summed E-state index contributed by atoms with van der Waals surface area (Å²) in [4.78, 5) is 13.6. The molecule has 1 aromatic heterocycles. The second-order valence-electron chi connectivity index (χ2n) is 4.65. The van der Waals surface area contributed by atoms with Gasteiger partial charge in [-0.1, -0.05) is 0 Å². The van der Waals surface area contributed by atoms with Crippen molar-refractivity contribution in [1.29, 1.82) is 5.26 Å². The number of carbonyl (C=O) groups is 1. The topological polar surface area (TPSA) is 103 Å². The number of ether oxygens (including phenoxy) is 1. The maximum absolute atomic E-state index is 11.6. The SMILES string of the molecule is N#CCNC(=O)CN1CCOC(CNc2cccnn2)C1. The summed E-state index contributed by atoms with van der Waals surface area (Å²) in [5.41, 5.74) is 0. The fraction of sp³-hybridized carbons (Fsp3) is 0.538. The van der Waals surface area contributed by atoms with E-state index in [1.165, 1.54) is 0 Å². The van der Waals surface area contributed by atoms with Crippen LogP contribution >= 0.6 is 0 Å². The van der Waals surface area contributed by atoms with Gasteiger partial charge in [-0.2, -0.15) is 10.4 Å². The molecule has 8 nitrogen and oxygen atoms in total. The molecule has 2 heterocycles. The summed E-state index contributed by atoms with van der Waals surface area (Å²) in [6.07, 6.45) is 1.61. The summed E-state index contributed by atoms with van der Waals surface area (Å²) in [5.74, 6) is 0.559. The molecule has 1 aliphatic rings. The van der Waals surface area contributed by atoms with E-state index >= 15 is 0 Å². The van der Waals surface area contributed by atoms with Crippen molar-refractivity contribution in [2.24, 2.45) is 0 Å². The van der Waals surface area contributed by atoms with Gasteiger partial charge in [-0.05, 0) is 12.1 Å². The molecular weight excluding hydrogens is 272 g/mol. The smallest absolute Gasteiger partial charge is 0.235 e. The van der Waals surface area contributed by atoms with Crippen LogP contribution in [0.15, 0.2) is 18.3 Å². The standard InChI is InChI=1S/C13H18N6O2/c14-3-5-15-13(20)10-19-6-7-21-11(9-19)8-16-12-2-1-4-17-18-12/h1-2,4,11H,5-10H2,(H,15,20)(H,16,18). The van der Waals surface area contributed by atoms with E-state index in [9.17, 15) is 4.79 Å². The molecular formula is C13H18N6O2. The van der Waals surface area contributed by atoms with Crippen molar-refractivity contribution >= 4 is 11.7 Å². The zero-order valence-electron chi connectivity index (χ0n) is 11.7. The Kier molecular flexibility index (Phi) is 5.87. The van der Waals surface area contributed by atoms with Crippen LogP contribution in [0.4, 0.5) is 5.82 Å². The molecule has 0 aromatic carbocycles. The van der Waals surface area contributed by atoms with Crippen LogP contribution in [0.1, 0.15) is 0 Å². The van der Waals surface area contributed by atoms with E-state index in [4.69, 9.17) is 10.00 Å². The Morgan fingerprint density at radius 3 is 3.29 bits per heavy atom. The van der Waals surface area contributed by atoms with Crippen LogP contribution in [-0.2, 0) is 9.53 Å². The van der Waals surface area contributed by atoms with Crippen molar-refractivity contribution in [2.45, 2.75) is 6.10 Å². The summed E-state index contributed by atoms with van der Waals surface area (Å²) in [6, 6.07) is 5.53. The molecule has 0 spiro atoms. The molecule has 1 saturated heterocycles. The Morgan fingerprint density at radius 2 is 2.52 bits per heavy atom. The third-order valence-electron chi connectivity index (χ3n) is 3.04. The van der Waals surface area contributed by atoms with Crippen molar-refractivity contribution in [1.82, 2.24) is 20.4 Å². The first kappa shape index (κ1) is 15.2. The first-order valence-corrected chi connectivity index (χ1v) is 6.77. The lowest BCUT2D eigenvalue weighted by Gasteiger charge is -2.32. The number of nitrogens with zero attached hydrogens (tertiary/aromatic N) is 4. The lowest BCUT2D eigenvalue weighted by Crippen LogP contribution is -2.48. The molecule has 0 bridgehead atoms. The Bertz CT molecular complexity index is 489. The maximum atomic E-state index is 11.6. The van der Waals surface area contributed by atoms with Crippen LogP contribution in [0.2, 0.25) is 0 Å². The number of anilines is 1. The highest BCUT2D eigenvalue weighted by Gasteiger charge is 2.21. The average Bonchev–Trinajstić information content (AvgIpc) is 2.52. The van der Waals surface area contributed by atoms with E-state index in [1.807, 2.05) is 23.1 Å². The minimum absolute atomic E-state index is 0.00970. The van der Waals surface area contributed by atoms with E-state index in [0.717, 1.165) is 0 Å². The van der Waals surface area contributed by atoms with Gasteiger partial charge < -0.3 is 15.4 Å². The van der Waals surface area contributed by atoms with Gasteiger partial charge in [-0.3, -0.25) is 9.69 Å². The molecule has 0 saturated carbocycles. The maximum Gasteiger partial charge on any atom is 0.235 e. The fourth-order valence-electron chi connectivity index (χ4n) is 2.06. The van der Waals surface area contributed by atoms with Gasteiger partial charge in [-0.25, -0.2) is 0 Å². The minimum Gasteiger partial charge on any atom is -0.374 e. The highest BCUT2D eigenvalue weighted by Crippen LogP contribution is 2.06. The summed E-state index contributed by atoms with van der Waals surface area (Å²) >= 11 is 0. The second kappa shape index (κ2) is 8.14. The Balaban J connectivity index is 1.73. The van der Waals surface area contributed by atoms with Gasteiger partial charge in [0.05, 0.1) is 25.3 Å². The van der Waals surface area contributed by atoms with Crippen molar-refractivity contribution in [3.05, 3.63) is 18.3 Å². The third-order valence-corrected chi connectivity index (χ3v) is 3.04. The molecule has 1 fully saturated rings. The molecule has 112 valence electrons. The van der Waals surface area contributed by atoms with Gasteiger partial charge in [0, 0.05) is 25.8 Å². The molecule has 0 aliphatic carbocycles. The lowest BCUT2D eigenvalue weighted by molar-refractivity contribution is -0.123. The number of rotatable bonds is 6. The van der Waals surface area contributed by atoms with Crippen molar-refractivity contribution in [3.63, 3.8) is 0 Å². The van der Waals surface area contributed by atoms with E-state index in [1.54, 1.807) is 6.20 Å². The molecule has 1 aliphatic heterocycles. The van der Waals surface area contributed by atoms with Gasteiger partial charge >= 0.3 is 0 Å². The average molecular weight is 290 g/mol. The van der Waals surface area contributed by atoms with Crippen LogP contribution in [0.5, 0.6) is 0 Å². The quantitative estimate of drug-likeness (QED) is 0.663.